The Labute approximate surface area is 107 Å². The van der Waals surface area contributed by atoms with Crippen molar-refractivity contribution in [1.82, 2.24) is 16.0 Å². The van der Waals surface area contributed by atoms with Gasteiger partial charge in [0.2, 0.25) is 5.91 Å². The third-order valence-electron chi connectivity index (χ3n) is 2.66. The highest BCUT2D eigenvalue weighted by Gasteiger charge is 2.17. The molecule has 3 N–H and O–H groups in total. The van der Waals surface area contributed by atoms with E-state index in [2.05, 4.69) is 16.0 Å². The summed E-state index contributed by atoms with van der Waals surface area (Å²) >= 11 is 0. The summed E-state index contributed by atoms with van der Waals surface area (Å²) in [5, 5.41) is 7.71. The number of rotatable bonds is 4. The molecule has 1 aromatic carbocycles. The first-order chi connectivity index (χ1) is 8.54. The average molecular weight is 249 g/mol. The molecule has 18 heavy (non-hydrogen) atoms. The maximum atomic E-state index is 11.6. The fraction of sp³-hybridized carbons (Fsp3) is 0.385. The Bertz CT molecular complexity index is 406. The molecule has 0 aliphatic rings. The Hall–Kier alpha value is -1.88. The van der Waals surface area contributed by atoms with Crippen LogP contribution in [0.15, 0.2) is 30.3 Å². The molecular weight excluding hydrogens is 230 g/mol. The summed E-state index contributed by atoms with van der Waals surface area (Å²) in [7, 11) is 1.47. The van der Waals surface area contributed by atoms with Crippen LogP contribution in [0.5, 0.6) is 0 Å². The van der Waals surface area contributed by atoms with Gasteiger partial charge in [-0.2, -0.15) is 0 Å². The van der Waals surface area contributed by atoms with Crippen molar-refractivity contribution in [3.8, 4) is 0 Å². The molecule has 0 unspecified atom stereocenters. The highest BCUT2D eigenvalue weighted by atomic mass is 16.2. The molecule has 0 aliphatic heterocycles. The lowest BCUT2D eigenvalue weighted by Gasteiger charge is -2.19. The van der Waals surface area contributed by atoms with Gasteiger partial charge in [-0.05, 0) is 19.4 Å². The summed E-state index contributed by atoms with van der Waals surface area (Å²) in [4.78, 5) is 22.7. The molecule has 0 spiro atoms. The van der Waals surface area contributed by atoms with E-state index in [1.165, 1.54) is 7.05 Å². The van der Waals surface area contributed by atoms with Crippen LogP contribution in [0.4, 0.5) is 4.79 Å². The Morgan fingerprint density at radius 1 is 1.11 bits per heavy atom. The Balaban J connectivity index is 2.52. The zero-order chi connectivity index (χ0) is 13.5. The maximum absolute atomic E-state index is 11.6. The SMILES string of the molecule is CNC(=O)NC(=O)[C@H](C)N[C@H](C)c1ccccc1. The van der Waals surface area contributed by atoms with Gasteiger partial charge in [-0.1, -0.05) is 30.3 Å². The number of nitrogens with one attached hydrogen (secondary N) is 3. The smallest absolute Gasteiger partial charge is 0.321 e. The lowest BCUT2D eigenvalue weighted by Crippen LogP contribution is -2.47. The number of carbonyl (C=O) groups excluding carboxylic acids is 2. The Morgan fingerprint density at radius 2 is 1.72 bits per heavy atom. The molecule has 1 rings (SSSR count). The first kappa shape index (κ1) is 14.2. The zero-order valence-electron chi connectivity index (χ0n) is 10.9. The van der Waals surface area contributed by atoms with Crippen LogP contribution in [0, 0.1) is 0 Å². The molecular formula is C13H19N3O2. The van der Waals surface area contributed by atoms with Crippen LogP contribution in [0.3, 0.4) is 0 Å². The van der Waals surface area contributed by atoms with E-state index < -0.39 is 12.1 Å². The molecule has 1 aromatic rings. The molecule has 5 heteroatoms. The molecule has 0 aromatic heterocycles. The summed E-state index contributed by atoms with van der Waals surface area (Å²) in [6, 6.07) is 8.90. The molecule has 0 saturated heterocycles. The van der Waals surface area contributed by atoms with E-state index in [1.54, 1.807) is 6.92 Å². The molecule has 0 fully saturated rings. The number of imide groups is 1. The average Bonchev–Trinajstić information content (AvgIpc) is 2.39. The molecule has 0 radical (unpaired) electrons. The van der Waals surface area contributed by atoms with Gasteiger partial charge in [-0.25, -0.2) is 4.79 Å². The first-order valence-corrected chi connectivity index (χ1v) is 5.88. The van der Waals surface area contributed by atoms with Gasteiger partial charge in [0.1, 0.15) is 0 Å². The minimum Gasteiger partial charge on any atom is -0.341 e. The number of hydrogen-bond donors (Lipinski definition) is 3. The van der Waals surface area contributed by atoms with E-state index in [1.807, 2.05) is 37.3 Å². The van der Waals surface area contributed by atoms with Crippen LogP contribution in [-0.2, 0) is 4.79 Å². The lowest BCUT2D eigenvalue weighted by atomic mass is 10.1. The largest absolute Gasteiger partial charge is 0.341 e. The van der Waals surface area contributed by atoms with E-state index in [0.717, 1.165) is 5.56 Å². The number of hydrogen-bond acceptors (Lipinski definition) is 3. The second kappa shape index (κ2) is 6.76. The minimum absolute atomic E-state index is 0.0386. The van der Waals surface area contributed by atoms with Gasteiger partial charge < -0.3 is 5.32 Å². The minimum atomic E-state index is -0.499. The molecule has 0 bridgehead atoms. The Kier molecular flexibility index (Phi) is 5.32. The second-order valence-electron chi connectivity index (χ2n) is 4.09. The van der Waals surface area contributed by atoms with Crippen LogP contribution in [0.25, 0.3) is 0 Å². The van der Waals surface area contributed by atoms with Gasteiger partial charge in [-0.3, -0.25) is 15.4 Å². The van der Waals surface area contributed by atoms with Crippen molar-refractivity contribution in [2.24, 2.45) is 0 Å². The van der Waals surface area contributed by atoms with E-state index in [0.29, 0.717) is 0 Å². The molecule has 98 valence electrons. The van der Waals surface area contributed by atoms with Crippen molar-refractivity contribution < 1.29 is 9.59 Å². The van der Waals surface area contributed by atoms with Crippen molar-refractivity contribution in [3.63, 3.8) is 0 Å². The summed E-state index contributed by atoms with van der Waals surface area (Å²) in [6.45, 7) is 3.69. The van der Waals surface area contributed by atoms with Crippen LogP contribution in [0.1, 0.15) is 25.5 Å². The van der Waals surface area contributed by atoms with Crippen LogP contribution in [0.2, 0.25) is 0 Å². The van der Waals surface area contributed by atoms with Gasteiger partial charge in [0.25, 0.3) is 0 Å². The van der Waals surface area contributed by atoms with Crippen molar-refractivity contribution in [2.45, 2.75) is 25.9 Å². The van der Waals surface area contributed by atoms with Crippen LogP contribution in [-0.4, -0.2) is 25.0 Å². The van der Waals surface area contributed by atoms with E-state index in [-0.39, 0.29) is 11.9 Å². The molecule has 0 aliphatic carbocycles. The first-order valence-electron chi connectivity index (χ1n) is 5.88. The standard InChI is InChI=1S/C13H19N3O2/c1-9(11-7-5-4-6-8-11)15-10(2)12(17)16-13(18)14-3/h4-10,15H,1-3H3,(H2,14,16,17,18)/t9-,10+/m1/s1. The second-order valence-corrected chi connectivity index (χ2v) is 4.09. The summed E-state index contributed by atoms with van der Waals surface area (Å²) in [5.41, 5.74) is 1.09. The molecule has 3 amide bonds. The van der Waals surface area contributed by atoms with E-state index >= 15 is 0 Å². The van der Waals surface area contributed by atoms with Gasteiger partial charge in [-0.15, -0.1) is 0 Å². The van der Waals surface area contributed by atoms with Crippen molar-refractivity contribution in [2.75, 3.05) is 7.05 Å². The summed E-state index contributed by atoms with van der Waals surface area (Å²) < 4.78 is 0. The van der Waals surface area contributed by atoms with Crippen molar-refractivity contribution >= 4 is 11.9 Å². The van der Waals surface area contributed by atoms with Gasteiger partial charge in [0.05, 0.1) is 6.04 Å². The normalized spacial score (nSPS) is 13.5. The highest BCUT2D eigenvalue weighted by molar-refractivity contribution is 5.96. The van der Waals surface area contributed by atoms with Crippen molar-refractivity contribution in [1.29, 1.82) is 0 Å². The number of amides is 3. The number of carbonyl (C=O) groups is 2. The number of benzene rings is 1. The van der Waals surface area contributed by atoms with Gasteiger partial charge in [0.15, 0.2) is 0 Å². The van der Waals surface area contributed by atoms with E-state index in [9.17, 15) is 9.59 Å². The maximum Gasteiger partial charge on any atom is 0.321 e. The molecule has 2 atom stereocenters. The molecule has 0 saturated carbocycles. The topological polar surface area (TPSA) is 70.2 Å². The third kappa shape index (κ3) is 4.18. The summed E-state index contributed by atoms with van der Waals surface area (Å²) in [6.07, 6.45) is 0. The third-order valence-corrected chi connectivity index (χ3v) is 2.66. The molecule has 5 nitrogen and oxygen atoms in total. The molecule has 0 heterocycles. The predicted octanol–water partition coefficient (Wildman–Crippen LogP) is 1.18. The fourth-order valence-electron chi connectivity index (χ4n) is 1.57. The zero-order valence-corrected chi connectivity index (χ0v) is 10.9. The quantitative estimate of drug-likeness (QED) is 0.750. The lowest BCUT2D eigenvalue weighted by molar-refractivity contribution is -0.121. The highest BCUT2D eigenvalue weighted by Crippen LogP contribution is 2.11. The van der Waals surface area contributed by atoms with E-state index in [4.69, 9.17) is 0 Å². The van der Waals surface area contributed by atoms with Gasteiger partial charge in [0, 0.05) is 13.1 Å². The fourth-order valence-corrected chi connectivity index (χ4v) is 1.57. The van der Waals surface area contributed by atoms with Gasteiger partial charge >= 0.3 is 6.03 Å². The van der Waals surface area contributed by atoms with Crippen LogP contribution >= 0.6 is 0 Å². The number of urea groups is 1. The summed E-state index contributed by atoms with van der Waals surface area (Å²) in [5.74, 6) is -0.350. The Morgan fingerprint density at radius 3 is 2.28 bits per heavy atom. The monoisotopic (exact) mass is 249 g/mol. The van der Waals surface area contributed by atoms with Crippen LogP contribution < -0.4 is 16.0 Å². The van der Waals surface area contributed by atoms with Crippen molar-refractivity contribution in [3.05, 3.63) is 35.9 Å². The predicted molar refractivity (Wildman–Crippen MR) is 70.1 cm³/mol.